The van der Waals surface area contributed by atoms with Crippen LogP contribution in [0.2, 0.25) is 0 Å². The minimum absolute atomic E-state index is 0.302. The summed E-state index contributed by atoms with van der Waals surface area (Å²) in [5.41, 5.74) is 0.0604. The zero-order valence-corrected chi connectivity index (χ0v) is 14.8. The van der Waals surface area contributed by atoms with Gasteiger partial charge in [-0.3, -0.25) is 0 Å². The maximum atomic E-state index is 6.19. The Morgan fingerprint density at radius 2 is 1.81 bits per heavy atom. The van der Waals surface area contributed by atoms with Crippen molar-refractivity contribution in [2.75, 3.05) is 6.61 Å². The van der Waals surface area contributed by atoms with Gasteiger partial charge in [0.25, 0.3) is 0 Å². The molecule has 1 aliphatic heterocycles. The summed E-state index contributed by atoms with van der Waals surface area (Å²) in [7, 11) is 0. The van der Waals surface area contributed by atoms with Crippen molar-refractivity contribution in [2.24, 2.45) is 17.3 Å². The van der Waals surface area contributed by atoms with Crippen LogP contribution in [0.15, 0.2) is 0 Å². The van der Waals surface area contributed by atoms with E-state index < -0.39 is 5.79 Å². The molecule has 2 aliphatic rings. The highest BCUT2D eigenvalue weighted by Crippen LogP contribution is 2.49. The summed E-state index contributed by atoms with van der Waals surface area (Å²) in [4.78, 5) is 11.7. The van der Waals surface area contributed by atoms with E-state index in [9.17, 15) is 0 Å². The molecule has 0 amide bonds. The molecule has 0 radical (unpaired) electrons. The second-order valence-corrected chi connectivity index (χ2v) is 9.01. The van der Waals surface area contributed by atoms with Gasteiger partial charge < -0.3 is 4.74 Å². The standard InChI is InChI=1S/C18H34O3/c1-14-11-15(13-17(5,6)12-14)18(9-7-8-10-19-18)21-20-16(2,3)4/h14-15H,7-13H2,1-6H3. The molecule has 0 aromatic carbocycles. The summed E-state index contributed by atoms with van der Waals surface area (Å²) in [6, 6.07) is 0. The van der Waals surface area contributed by atoms with Gasteiger partial charge in [-0.2, -0.15) is 0 Å². The number of hydrogen-bond acceptors (Lipinski definition) is 3. The third-order valence-electron chi connectivity index (χ3n) is 4.71. The monoisotopic (exact) mass is 298 g/mol. The molecule has 3 nitrogen and oxygen atoms in total. The van der Waals surface area contributed by atoms with Crippen LogP contribution in [0.4, 0.5) is 0 Å². The lowest BCUT2D eigenvalue weighted by Gasteiger charge is -2.49. The van der Waals surface area contributed by atoms with E-state index in [1.807, 2.05) is 20.8 Å². The lowest BCUT2D eigenvalue weighted by atomic mass is 9.65. The van der Waals surface area contributed by atoms with Crippen LogP contribution in [0.25, 0.3) is 0 Å². The first-order valence-corrected chi connectivity index (χ1v) is 8.63. The van der Waals surface area contributed by atoms with E-state index in [1.54, 1.807) is 0 Å². The van der Waals surface area contributed by atoms with E-state index in [0.717, 1.165) is 31.8 Å². The van der Waals surface area contributed by atoms with Gasteiger partial charge in [0.2, 0.25) is 5.79 Å². The first-order valence-electron chi connectivity index (χ1n) is 8.63. The second kappa shape index (κ2) is 6.17. The molecule has 3 heteroatoms. The Morgan fingerprint density at radius 1 is 1.10 bits per heavy atom. The molecule has 0 bridgehead atoms. The quantitative estimate of drug-likeness (QED) is 0.536. The van der Waals surface area contributed by atoms with Crippen LogP contribution in [-0.4, -0.2) is 18.0 Å². The fraction of sp³-hybridized carbons (Fsp3) is 1.00. The molecule has 1 saturated carbocycles. The molecule has 2 fully saturated rings. The van der Waals surface area contributed by atoms with E-state index in [2.05, 4.69) is 20.8 Å². The highest BCUT2D eigenvalue weighted by atomic mass is 17.2. The Hall–Kier alpha value is -0.120. The summed E-state index contributed by atoms with van der Waals surface area (Å²) in [5.74, 6) is 0.621. The molecule has 0 aromatic rings. The summed E-state index contributed by atoms with van der Waals surface area (Å²) in [6.45, 7) is 14.0. The van der Waals surface area contributed by atoms with Gasteiger partial charge in [0.1, 0.15) is 0 Å². The lowest BCUT2D eigenvalue weighted by Crippen LogP contribution is -2.50. The Morgan fingerprint density at radius 3 is 2.33 bits per heavy atom. The van der Waals surface area contributed by atoms with E-state index in [4.69, 9.17) is 14.5 Å². The van der Waals surface area contributed by atoms with Gasteiger partial charge in [-0.15, -0.1) is 0 Å². The van der Waals surface area contributed by atoms with Crippen molar-refractivity contribution in [1.29, 1.82) is 0 Å². The van der Waals surface area contributed by atoms with Gasteiger partial charge in [0.05, 0.1) is 12.2 Å². The third kappa shape index (κ3) is 4.67. The molecule has 0 N–H and O–H groups in total. The average molecular weight is 298 g/mol. The summed E-state index contributed by atoms with van der Waals surface area (Å²) >= 11 is 0. The zero-order chi connectivity index (χ0) is 15.7. The van der Waals surface area contributed by atoms with Gasteiger partial charge in [-0.25, -0.2) is 9.78 Å². The minimum atomic E-state index is -0.530. The van der Waals surface area contributed by atoms with Crippen LogP contribution in [0.1, 0.15) is 80.1 Å². The van der Waals surface area contributed by atoms with Crippen molar-refractivity contribution in [3.8, 4) is 0 Å². The van der Waals surface area contributed by atoms with Crippen LogP contribution in [0, 0.1) is 17.3 Å². The van der Waals surface area contributed by atoms with E-state index in [1.165, 1.54) is 19.3 Å². The summed E-state index contributed by atoms with van der Waals surface area (Å²) in [6.07, 6.45) is 6.88. The van der Waals surface area contributed by atoms with Crippen molar-refractivity contribution in [1.82, 2.24) is 0 Å². The predicted octanol–water partition coefficient (Wildman–Crippen LogP) is 5.09. The normalized spacial score (nSPS) is 37.4. The van der Waals surface area contributed by atoms with Crippen LogP contribution >= 0.6 is 0 Å². The Kier molecular flexibility index (Phi) is 5.07. The van der Waals surface area contributed by atoms with Crippen molar-refractivity contribution < 1.29 is 14.5 Å². The predicted molar refractivity (Wildman–Crippen MR) is 84.7 cm³/mol. The fourth-order valence-corrected chi connectivity index (χ4v) is 4.12. The SMILES string of the molecule is CC1CC(C2(OOC(C)(C)C)CCCCO2)CC(C)(C)C1. The molecule has 3 unspecified atom stereocenters. The molecule has 1 heterocycles. The molecule has 21 heavy (non-hydrogen) atoms. The van der Waals surface area contributed by atoms with Crippen molar-refractivity contribution in [3.63, 3.8) is 0 Å². The summed E-state index contributed by atoms with van der Waals surface area (Å²) in [5, 5.41) is 0. The lowest BCUT2D eigenvalue weighted by molar-refractivity contribution is -0.480. The fourth-order valence-electron chi connectivity index (χ4n) is 4.12. The van der Waals surface area contributed by atoms with Gasteiger partial charge in [0.15, 0.2) is 0 Å². The molecule has 0 aromatic heterocycles. The van der Waals surface area contributed by atoms with Crippen LogP contribution in [-0.2, 0) is 14.5 Å². The molecule has 1 aliphatic carbocycles. The third-order valence-corrected chi connectivity index (χ3v) is 4.71. The maximum absolute atomic E-state index is 6.19. The largest absolute Gasteiger partial charge is 0.347 e. The number of ether oxygens (including phenoxy) is 1. The Balaban J connectivity index is 2.14. The topological polar surface area (TPSA) is 27.7 Å². The Labute approximate surface area is 130 Å². The van der Waals surface area contributed by atoms with E-state index in [-0.39, 0.29) is 5.60 Å². The first kappa shape index (κ1) is 17.2. The molecule has 0 spiro atoms. The Bertz CT molecular complexity index is 337. The highest BCUT2D eigenvalue weighted by Gasteiger charge is 2.49. The van der Waals surface area contributed by atoms with Crippen molar-refractivity contribution >= 4 is 0 Å². The van der Waals surface area contributed by atoms with Crippen LogP contribution in [0.3, 0.4) is 0 Å². The molecule has 3 atom stereocenters. The van der Waals surface area contributed by atoms with Crippen LogP contribution in [0.5, 0.6) is 0 Å². The smallest absolute Gasteiger partial charge is 0.204 e. The average Bonchev–Trinajstić information content (AvgIpc) is 2.34. The molecular formula is C18H34O3. The first-order chi connectivity index (χ1) is 9.62. The second-order valence-electron chi connectivity index (χ2n) is 9.01. The maximum Gasteiger partial charge on any atom is 0.204 e. The van der Waals surface area contributed by atoms with E-state index in [0.29, 0.717) is 11.3 Å². The zero-order valence-electron chi connectivity index (χ0n) is 14.8. The minimum Gasteiger partial charge on any atom is -0.347 e. The number of hydrogen-bond donors (Lipinski definition) is 0. The highest BCUT2D eigenvalue weighted by molar-refractivity contribution is 4.91. The van der Waals surface area contributed by atoms with Crippen molar-refractivity contribution in [3.05, 3.63) is 0 Å². The summed E-state index contributed by atoms with van der Waals surface area (Å²) < 4.78 is 6.19. The molecule has 2 rings (SSSR count). The molecular weight excluding hydrogens is 264 g/mol. The van der Waals surface area contributed by atoms with Gasteiger partial charge >= 0.3 is 0 Å². The van der Waals surface area contributed by atoms with Gasteiger partial charge in [0, 0.05) is 12.3 Å². The van der Waals surface area contributed by atoms with Crippen molar-refractivity contribution in [2.45, 2.75) is 91.5 Å². The van der Waals surface area contributed by atoms with Crippen LogP contribution < -0.4 is 0 Å². The number of rotatable bonds is 3. The molecule has 124 valence electrons. The van der Waals surface area contributed by atoms with E-state index >= 15 is 0 Å². The van der Waals surface area contributed by atoms with Gasteiger partial charge in [-0.1, -0.05) is 20.8 Å². The molecule has 1 saturated heterocycles. The van der Waals surface area contributed by atoms with Gasteiger partial charge in [-0.05, 0) is 64.2 Å².